The predicted molar refractivity (Wildman–Crippen MR) is 118 cm³/mol. The molecular weight excluding hydrogens is 410 g/mol. The number of hydrogen-bond donors (Lipinski definition) is 1. The fourth-order valence-corrected chi connectivity index (χ4v) is 4.21. The summed E-state index contributed by atoms with van der Waals surface area (Å²) in [5.41, 5.74) is 1.18. The van der Waals surface area contributed by atoms with Crippen molar-refractivity contribution in [2.45, 2.75) is 12.5 Å². The highest BCUT2D eigenvalue weighted by Crippen LogP contribution is 2.39. The molecule has 32 heavy (non-hydrogen) atoms. The molecule has 1 aromatic carbocycles. The number of ketones is 1. The maximum Gasteiger partial charge on any atom is 0.295 e. The third-order valence-corrected chi connectivity index (χ3v) is 5.86. The molecule has 2 aromatic rings. The maximum atomic E-state index is 13.0. The highest BCUT2D eigenvalue weighted by Gasteiger charge is 2.45. The van der Waals surface area contributed by atoms with Crippen LogP contribution in [-0.4, -0.2) is 78.1 Å². The average Bonchev–Trinajstić information content (AvgIpc) is 3.10. The molecule has 2 aliphatic heterocycles. The van der Waals surface area contributed by atoms with Gasteiger partial charge in [-0.2, -0.15) is 0 Å². The number of aliphatic hydroxyl groups excluding tert-OH is 1. The normalized spacial score (nSPS) is 21.2. The Morgan fingerprint density at radius 3 is 2.72 bits per heavy atom. The van der Waals surface area contributed by atoms with Gasteiger partial charge in [0.1, 0.15) is 11.5 Å². The highest BCUT2D eigenvalue weighted by molar-refractivity contribution is 6.46. The fraction of sp³-hybridized carbons (Fsp3) is 0.375. The summed E-state index contributed by atoms with van der Waals surface area (Å²) in [6.45, 7) is 4.35. The fourth-order valence-electron chi connectivity index (χ4n) is 4.21. The van der Waals surface area contributed by atoms with Crippen LogP contribution in [0.2, 0.25) is 0 Å². The van der Waals surface area contributed by atoms with Crippen LogP contribution in [-0.2, 0) is 14.3 Å². The summed E-state index contributed by atoms with van der Waals surface area (Å²) in [5, 5.41) is 11.1. The molecule has 2 aliphatic rings. The molecule has 2 saturated heterocycles. The van der Waals surface area contributed by atoms with E-state index in [2.05, 4.69) is 9.88 Å². The van der Waals surface area contributed by atoms with Crippen LogP contribution >= 0.6 is 0 Å². The molecule has 0 saturated carbocycles. The van der Waals surface area contributed by atoms with Gasteiger partial charge < -0.3 is 19.5 Å². The topological polar surface area (TPSA) is 92.2 Å². The Morgan fingerprint density at radius 2 is 2.00 bits per heavy atom. The van der Waals surface area contributed by atoms with E-state index in [0.717, 1.165) is 19.6 Å². The van der Waals surface area contributed by atoms with Crippen LogP contribution in [0.3, 0.4) is 0 Å². The molecule has 0 spiro atoms. The number of pyridine rings is 1. The van der Waals surface area contributed by atoms with E-state index in [0.29, 0.717) is 43.1 Å². The molecule has 0 radical (unpaired) electrons. The minimum absolute atomic E-state index is 0.0719. The van der Waals surface area contributed by atoms with Crippen molar-refractivity contribution >= 4 is 17.4 Å². The number of carbonyl (C=O) groups is 2. The summed E-state index contributed by atoms with van der Waals surface area (Å²) in [7, 11) is 1.53. The van der Waals surface area contributed by atoms with Gasteiger partial charge in [-0.1, -0.05) is 18.2 Å². The summed E-state index contributed by atoms with van der Waals surface area (Å²) >= 11 is 0. The van der Waals surface area contributed by atoms with Gasteiger partial charge in [-0.3, -0.25) is 19.5 Å². The highest BCUT2D eigenvalue weighted by atomic mass is 16.5. The summed E-state index contributed by atoms with van der Waals surface area (Å²) in [4.78, 5) is 34.0. The molecule has 1 amide bonds. The van der Waals surface area contributed by atoms with Crippen molar-refractivity contribution in [3.8, 4) is 5.75 Å². The van der Waals surface area contributed by atoms with Crippen molar-refractivity contribution in [1.29, 1.82) is 0 Å². The van der Waals surface area contributed by atoms with Crippen molar-refractivity contribution in [2.75, 3.05) is 46.5 Å². The molecule has 3 heterocycles. The Labute approximate surface area is 187 Å². The lowest BCUT2D eigenvalue weighted by molar-refractivity contribution is -0.140. The van der Waals surface area contributed by atoms with E-state index < -0.39 is 17.7 Å². The first-order chi connectivity index (χ1) is 15.6. The van der Waals surface area contributed by atoms with Crippen LogP contribution in [0.4, 0.5) is 0 Å². The Bertz CT molecular complexity index is 1000. The van der Waals surface area contributed by atoms with Crippen LogP contribution in [0, 0.1) is 0 Å². The standard InChI is InChI=1S/C24H27N3O5/c1-31-19-7-2-5-17(15-19)22(28)20-21(18-6-3-8-25-16-18)27(24(30)23(20)29)10-4-9-26-11-13-32-14-12-26/h2-3,5-8,15-16,21,28H,4,9-14H2,1H3/t21-/m0/s1. The molecule has 1 N–H and O–H groups in total. The molecule has 1 aromatic heterocycles. The van der Waals surface area contributed by atoms with Gasteiger partial charge in [-0.25, -0.2) is 0 Å². The zero-order valence-electron chi connectivity index (χ0n) is 18.1. The number of hydrogen-bond acceptors (Lipinski definition) is 7. The maximum absolute atomic E-state index is 13.0. The Balaban J connectivity index is 1.65. The number of aliphatic hydroxyl groups is 1. The SMILES string of the molecule is COc1cccc(C(O)=C2C(=O)C(=O)N(CCCN3CCOCC3)[C@H]2c2cccnc2)c1. The largest absolute Gasteiger partial charge is 0.507 e. The van der Waals surface area contributed by atoms with Gasteiger partial charge in [0.2, 0.25) is 0 Å². The Kier molecular flexibility index (Phi) is 6.82. The number of carbonyl (C=O) groups excluding carboxylic acids is 2. The van der Waals surface area contributed by atoms with E-state index >= 15 is 0 Å². The van der Waals surface area contributed by atoms with Crippen molar-refractivity contribution in [3.05, 3.63) is 65.5 Å². The number of Topliss-reactive ketones (excluding diaryl/α,β-unsaturated/α-hetero) is 1. The number of nitrogens with zero attached hydrogens (tertiary/aromatic N) is 3. The number of rotatable bonds is 7. The van der Waals surface area contributed by atoms with Gasteiger partial charge in [0.15, 0.2) is 0 Å². The molecule has 168 valence electrons. The van der Waals surface area contributed by atoms with Gasteiger partial charge in [-0.05, 0) is 30.2 Å². The Hall–Kier alpha value is -3.23. The van der Waals surface area contributed by atoms with Gasteiger partial charge in [0, 0.05) is 44.1 Å². The number of benzene rings is 1. The first kappa shape index (κ1) is 22.0. The van der Waals surface area contributed by atoms with Crippen molar-refractivity contribution in [1.82, 2.24) is 14.8 Å². The second-order valence-electron chi connectivity index (χ2n) is 7.82. The second kappa shape index (κ2) is 9.93. The number of amides is 1. The Morgan fingerprint density at radius 1 is 1.19 bits per heavy atom. The van der Waals surface area contributed by atoms with Crippen LogP contribution < -0.4 is 4.74 Å². The average molecular weight is 437 g/mol. The lowest BCUT2D eigenvalue weighted by atomic mass is 9.96. The van der Waals surface area contributed by atoms with Crippen LogP contribution in [0.25, 0.3) is 5.76 Å². The number of likely N-dealkylation sites (tertiary alicyclic amines) is 1. The van der Waals surface area contributed by atoms with E-state index in [-0.39, 0.29) is 11.3 Å². The van der Waals surface area contributed by atoms with Crippen molar-refractivity contribution in [3.63, 3.8) is 0 Å². The smallest absolute Gasteiger partial charge is 0.295 e. The second-order valence-corrected chi connectivity index (χ2v) is 7.82. The van der Waals surface area contributed by atoms with E-state index in [1.807, 2.05) is 6.07 Å². The molecule has 0 aliphatic carbocycles. The minimum atomic E-state index is -0.695. The molecule has 8 nitrogen and oxygen atoms in total. The predicted octanol–water partition coefficient (Wildman–Crippen LogP) is 2.23. The van der Waals surface area contributed by atoms with Crippen LogP contribution in [0.5, 0.6) is 5.75 Å². The van der Waals surface area contributed by atoms with Crippen LogP contribution in [0.15, 0.2) is 54.4 Å². The van der Waals surface area contributed by atoms with E-state index in [9.17, 15) is 14.7 Å². The number of aromatic nitrogens is 1. The third-order valence-electron chi connectivity index (χ3n) is 5.86. The minimum Gasteiger partial charge on any atom is -0.507 e. The number of methoxy groups -OCH3 is 1. The molecular formula is C24H27N3O5. The van der Waals surface area contributed by atoms with E-state index in [1.165, 1.54) is 7.11 Å². The monoisotopic (exact) mass is 437 g/mol. The molecule has 2 fully saturated rings. The zero-order valence-corrected chi connectivity index (χ0v) is 18.1. The first-order valence-electron chi connectivity index (χ1n) is 10.7. The van der Waals surface area contributed by atoms with Crippen LogP contribution in [0.1, 0.15) is 23.6 Å². The van der Waals surface area contributed by atoms with Crippen molar-refractivity contribution < 1.29 is 24.2 Å². The summed E-state index contributed by atoms with van der Waals surface area (Å²) in [6, 6.07) is 9.68. The quantitative estimate of drug-likeness (QED) is 0.403. The number of ether oxygens (including phenoxy) is 2. The third kappa shape index (κ3) is 4.51. The van der Waals surface area contributed by atoms with Crippen molar-refractivity contribution in [2.24, 2.45) is 0 Å². The van der Waals surface area contributed by atoms with E-state index in [4.69, 9.17) is 9.47 Å². The van der Waals surface area contributed by atoms with Gasteiger partial charge >= 0.3 is 0 Å². The first-order valence-corrected chi connectivity index (χ1v) is 10.7. The molecule has 0 unspecified atom stereocenters. The zero-order chi connectivity index (χ0) is 22.5. The molecule has 0 bridgehead atoms. The van der Waals surface area contributed by atoms with Gasteiger partial charge in [0.25, 0.3) is 11.7 Å². The van der Waals surface area contributed by atoms with Gasteiger partial charge in [0.05, 0.1) is 31.9 Å². The molecule has 4 rings (SSSR count). The lowest BCUT2D eigenvalue weighted by Crippen LogP contribution is -2.39. The summed E-state index contributed by atoms with van der Waals surface area (Å²) in [6.07, 6.45) is 3.98. The molecule has 8 heteroatoms. The van der Waals surface area contributed by atoms with E-state index in [1.54, 1.807) is 47.6 Å². The summed E-state index contributed by atoms with van der Waals surface area (Å²) < 4.78 is 10.6. The van der Waals surface area contributed by atoms with Gasteiger partial charge in [-0.15, -0.1) is 0 Å². The lowest BCUT2D eigenvalue weighted by Gasteiger charge is -2.29. The molecule has 1 atom stereocenters. The number of morpholine rings is 1. The summed E-state index contributed by atoms with van der Waals surface area (Å²) in [5.74, 6) is -0.964.